The van der Waals surface area contributed by atoms with Crippen LogP contribution in [0.5, 0.6) is 0 Å². The molecule has 116 valence electrons. The molecule has 2 rings (SSSR count). The van der Waals surface area contributed by atoms with Crippen LogP contribution in [-0.4, -0.2) is 19.8 Å². The largest absolute Gasteiger partial charge is 4.00 e. The first-order chi connectivity index (χ1) is 9.64. The number of hydrogen-bond acceptors (Lipinski definition) is 3. The molecule has 2 aromatic rings. The smallest absolute Gasteiger partial charge is 0.855 e. The van der Waals surface area contributed by atoms with Gasteiger partial charge in [-0.05, 0) is 6.42 Å². The van der Waals surface area contributed by atoms with Crippen molar-refractivity contribution in [3.8, 4) is 0 Å². The third-order valence-electron chi connectivity index (χ3n) is 2.11. The average molecular weight is 326 g/mol. The first-order valence-electron chi connectivity index (χ1n) is 7.03. The van der Waals surface area contributed by atoms with Crippen molar-refractivity contribution < 1.29 is 37.0 Å². The molecule has 0 saturated carbocycles. The van der Waals surface area contributed by atoms with E-state index in [-0.39, 0.29) is 41.5 Å². The van der Waals surface area contributed by atoms with Gasteiger partial charge in [0.05, 0.1) is 0 Å². The van der Waals surface area contributed by atoms with E-state index >= 15 is 0 Å². The van der Waals surface area contributed by atoms with E-state index in [2.05, 4.69) is 43.3 Å². The van der Waals surface area contributed by atoms with Crippen LogP contribution >= 0.6 is 0 Å². The van der Waals surface area contributed by atoms with Gasteiger partial charge in [-0.1, -0.05) is 33.3 Å². The number of rotatable bonds is 1. The van der Waals surface area contributed by atoms with E-state index < -0.39 is 0 Å². The Balaban J connectivity index is -0.000000276. The molecule has 0 aliphatic rings. The molecule has 0 radical (unpaired) electrons. The van der Waals surface area contributed by atoms with Crippen molar-refractivity contribution in [2.45, 2.75) is 34.1 Å². The predicted octanol–water partition coefficient (Wildman–Crippen LogP) is 1.22. The minimum Gasteiger partial charge on any atom is -0.855 e. The minimum atomic E-state index is 0. The van der Waals surface area contributed by atoms with Crippen LogP contribution in [0.4, 0.5) is 0 Å². The number of benzene rings is 1. The Kier molecular flexibility index (Phi) is 23.5. The summed E-state index contributed by atoms with van der Waals surface area (Å²) in [6.07, 6.45) is 1.13. The molecule has 0 spiro atoms. The maximum atomic E-state index is 8.93. The van der Waals surface area contributed by atoms with Crippen LogP contribution in [0.3, 0.4) is 0 Å². The van der Waals surface area contributed by atoms with Crippen LogP contribution in [0.1, 0.15) is 33.3 Å². The van der Waals surface area contributed by atoms with E-state index in [1.165, 1.54) is 16.3 Å². The summed E-state index contributed by atoms with van der Waals surface area (Å²) in [5, 5.41) is 29.5. The molecule has 0 atom stereocenters. The van der Waals surface area contributed by atoms with Crippen molar-refractivity contribution in [2.24, 2.45) is 0 Å². The molecular weight excluding hydrogens is 300 g/mol. The van der Waals surface area contributed by atoms with E-state index in [0.717, 1.165) is 6.42 Å². The zero-order chi connectivity index (χ0) is 15.8. The van der Waals surface area contributed by atoms with Gasteiger partial charge in [-0.25, -0.2) is 0 Å². The minimum absolute atomic E-state index is 0. The Labute approximate surface area is 143 Å². The second kappa shape index (κ2) is 19.4. The SMILES string of the molecule is CC[O-].CC[O-].CC[O-].CCc1ccc2[cH-]ccc2c1.[Ti+4]. The van der Waals surface area contributed by atoms with Gasteiger partial charge in [0.1, 0.15) is 0 Å². The monoisotopic (exact) mass is 326 g/mol. The molecule has 3 nitrogen and oxygen atoms in total. The first-order valence-corrected chi connectivity index (χ1v) is 7.03. The summed E-state index contributed by atoms with van der Waals surface area (Å²) in [4.78, 5) is 0. The van der Waals surface area contributed by atoms with Crippen LogP contribution in [0, 0.1) is 0 Å². The number of hydrogen-bond donors (Lipinski definition) is 0. The van der Waals surface area contributed by atoms with Crippen LogP contribution < -0.4 is 15.3 Å². The molecule has 2 aromatic carbocycles. The van der Waals surface area contributed by atoms with E-state index in [4.69, 9.17) is 15.3 Å². The van der Waals surface area contributed by atoms with Gasteiger partial charge in [0, 0.05) is 0 Å². The van der Waals surface area contributed by atoms with Crippen molar-refractivity contribution in [2.75, 3.05) is 19.8 Å². The summed E-state index contributed by atoms with van der Waals surface area (Å²) < 4.78 is 0. The zero-order valence-electron chi connectivity index (χ0n) is 13.5. The summed E-state index contributed by atoms with van der Waals surface area (Å²) in [6.45, 7) is 6.89. The molecule has 0 amide bonds. The molecule has 0 aliphatic heterocycles. The summed E-state index contributed by atoms with van der Waals surface area (Å²) in [5.74, 6) is 0. The van der Waals surface area contributed by atoms with Crippen molar-refractivity contribution >= 4 is 10.8 Å². The van der Waals surface area contributed by atoms with Gasteiger partial charge < -0.3 is 15.3 Å². The van der Waals surface area contributed by atoms with Crippen LogP contribution in [0.2, 0.25) is 0 Å². The molecule has 21 heavy (non-hydrogen) atoms. The topological polar surface area (TPSA) is 69.2 Å². The molecule has 0 fully saturated rings. The van der Waals surface area contributed by atoms with Gasteiger partial charge in [-0.15, -0.1) is 49.5 Å². The quantitative estimate of drug-likeness (QED) is 0.584. The van der Waals surface area contributed by atoms with Crippen molar-refractivity contribution in [1.82, 2.24) is 0 Å². The van der Waals surface area contributed by atoms with Crippen molar-refractivity contribution in [1.29, 1.82) is 0 Å². The molecule has 0 heterocycles. The van der Waals surface area contributed by atoms with Crippen LogP contribution in [0.15, 0.2) is 36.4 Å². The van der Waals surface area contributed by atoms with Crippen LogP contribution in [-0.2, 0) is 28.1 Å². The second-order valence-electron chi connectivity index (χ2n) is 3.71. The first kappa shape index (κ1) is 25.4. The van der Waals surface area contributed by atoms with Gasteiger partial charge in [0.2, 0.25) is 0 Å². The molecule has 0 unspecified atom stereocenters. The summed E-state index contributed by atoms with van der Waals surface area (Å²) >= 11 is 0. The third kappa shape index (κ3) is 14.1. The van der Waals surface area contributed by atoms with E-state index in [1.807, 2.05) is 0 Å². The molecule has 0 N–H and O–H groups in total. The fourth-order valence-electron chi connectivity index (χ4n) is 1.40. The Bertz CT molecular complexity index is 408. The molecular formula is C17H26O3Ti. The second-order valence-corrected chi connectivity index (χ2v) is 3.71. The Morgan fingerprint density at radius 2 is 1.33 bits per heavy atom. The Hall–Kier alpha value is -0.576. The van der Waals surface area contributed by atoms with Crippen molar-refractivity contribution in [3.63, 3.8) is 0 Å². The summed E-state index contributed by atoms with van der Waals surface area (Å²) in [6, 6.07) is 13.1. The zero-order valence-corrected chi connectivity index (χ0v) is 15.1. The fraction of sp³-hybridized carbons (Fsp3) is 0.471. The molecule has 4 heteroatoms. The maximum Gasteiger partial charge on any atom is 4.00 e. The standard InChI is InChI=1S/C11H11.3C2H5O.Ti/c1-2-9-6-7-10-4-3-5-11(10)8-9;3*1-2-3;/h3-8H,2H2,1H3;3*2H2,1H3;/q4*-1;+4. The normalized spacial score (nSPS) is 8.14. The van der Waals surface area contributed by atoms with Crippen molar-refractivity contribution in [3.05, 3.63) is 42.0 Å². The molecule has 0 saturated heterocycles. The van der Waals surface area contributed by atoms with Gasteiger partial charge in [0.25, 0.3) is 0 Å². The number of fused-ring (bicyclic) bond motifs is 1. The van der Waals surface area contributed by atoms with Crippen LogP contribution in [0.25, 0.3) is 10.8 Å². The average Bonchev–Trinajstić information content (AvgIpc) is 2.88. The van der Waals surface area contributed by atoms with Gasteiger partial charge >= 0.3 is 21.7 Å². The van der Waals surface area contributed by atoms with Gasteiger partial charge in [0.15, 0.2) is 0 Å². The van der Waals surface area contributed by atoms with E-state index in [1.54, 1.807) is 20.8 Å². The fourth-order valence-corrected chi connectivity index (χ4v) is 1.40. The maximum absolute atomic E-state index is 8.93. The van der Waals surface area contributed by atoms with Gasteiger partial charge in [-0.3, -0.25) is 0 Å². The number of aryl methyl sites for hydroxylation is 1. The van der Waals surface area contributed by atoms with E-state index in [0.29, 0.717) is 0 Å². The van der Waals surface area contributed by atoms with E-state index in [9.17, 15) is 0 Å². The third-order valence-corrected chi connectivity index (χ3v) is 2.11. The molecule has 0 aromatic heterocycles. The van der Waals surface area contributed by atoms with Gasteiger partial charge in [-0.2, -0.15) is 17.5 Å². The summed E-state index contributed by atoms with van der Waals surface area (Å²) in [7, 11) is 0. The Morgan fingerprint density at radius 3 is 1.76 bits per heavy atom. The summed E-state index contributed by atoms with van der Waals surface area (Å²) in [5.41, 5.74) is 1.42. The Morgan fingerprint density at radius 1 is 0.857 bits per heavy atom. The molecule has 0 aliphatic carbocycles. The predicted molar refractivity (Wildman–Crippen MR) is 80.5 cm³/mol. The molecule has 0 bridgehead atoms.